The molecule has 1 saturated heterocycles. The Bertz CT molecular complexity index is 822. The number of piperidine rings is 1. The largest absolute Gasteiger partial charge is 0.376 e. The van der Waals surface area contributed by atoms with E-state index in [0.717, 1.165) is 38.0 Å². The summed E-state index contributed by atoms with van der Waals surface area (Å²) in [4.78, 5) is 14.6. The molecule has 1 amide bonds. The number of carbonyl (C=O) groups is 1. The van der Waals surface area contributed by atoms with Crippen LogP contribution in [-0.2, 0) is 25.7 Å². The maximum Gasteiger partial charge on any atom is 0.224 e. The summed E-state index contributed by atoms with van der Waals surface area (Å²) in [5, 5.41) is 0. The van der Waals surface area contributed by atoms with Gasteiger partial charge >= 0.3 is 0 Å². The van der Waals surface area contributed by atoms with Crippen molar-refractivity contribution in [2.45, 2.75) is 31.3 Å². The van der Waals surface area contributed by atoms with Crippen LogP contribution in [0.2, 0.25) is 0 Å². The fourth-order valence-corrected chi connectivity index (χ4v) is 5.15. The van der Waals surface area contributed by atoms with Gasteiger partial charge in [0.1, 0.15) is 12.2 Å². The minimum atomic E-state index is 0.114. The van der Waals surface area contributed by atoms with Gasteiger partial charge in [-0.05, 0) is 30.0 Å². The molecule has 2 aliphatic rings. The first-order valence-electron chi connectivity index (χ1n) is 10.2. The Balaban J connectivity index is 1.28. The van der Waals surface area contributed by atoms with Crippen LogP contribution in [0.5, 0.6) is 0 Å². The summed E-state index contributed by atoms with van der Waals surface area (Å²) in [6.07, 6.45) is 2.42. The summed E-state index contributed by atoms with van der Waals surface area (Å²) >= 11 is 1.40. The molecule has 2 heterocycles. The number of para-hydroxylation sites is 1. The smallest absolute Gasteiger partial charge is 0.224 e. The number of benzene rings is 2. The number of rotatable bonds is 7. The SMILES string of the molecule is COSN1CC2(CCN(C(=O)CCOCc3ccccc3)CC2)c2ccccc21. The van der Waals surface area contributed by atoms with E-state index >= 15 is 0 Å². The molecule has 2 aromatic rings. The molecule has 1 fully saturated rings. The van der Waals surface area contributed by atoms with Gasteiger partial charge in [-0.15, -0.1) is 0 Å². The number of ether oxygens (including phenoxy) is 1. The molecule has 0 radical (unpaired) electrons. The highest BCUT2D eigenvalue weighted by atomic mass is 32.2. The quantitative estimate of drug-likeness (QED) is 0.388. The van der Waals surface area contributed by atoms with Crippen LogP contribution in [-0.4, -0.2) is 44.2 Å². The molecule has 29 heavy (non-hydrogen) atoms. The number of anilines is 1. The van der Waals surface area contributed by atoms with Crippen LogP contribution in [0.1, 0.15) is 30.4 Å². The molecule has 154 valence electrons. The monoisotopic (exact) mass is 412 g/mol. The Hall–Kier alpha value is -2.02. The van der Waals surface area contributed by atoms with Crippen LogP contribution in [0, 0.1) is 0 Å². The Kier molecular flexibility index (Phi) is 6.43. The van der Waals surface area contributed by atoms with Crippen LogP contribution >= 0.6 is 12.2 Å². The average Bonchev–Trinajstić information content (AvgIpc) is 3.06. The predicted molar refractivity (Wildman–Crippen MR) is 117 cm³/mol. The van der Waals surface area contributed by atoms with E-state index in [1.54, 1.807) is 7.11 Å². The first-order valence-corrected chi connectivity index (χ1v) is 10.9. The van der Waals surface area contributed by atoms with E-state index < -0.39 is 0 Å². The highest BCUT2D eigenvalue weighted by Gasteiger charge is 2.45. The topological polar surface area (TPSA) is 42.0 Å². The number of carbonyl (C=O) groups excluding carboxylic acids is 1. The number of hydrogen-bond acceptors (Lipinski definition) is 5. The molecule has 0 saturated carbocycles. The Morgan fingerprint density at radius 3 is 2.55 bits per heavy atom. The second kappa shape index (κ2) is 9.20. The minimum absolute atomic E-state index is 0.114. The van der Waals surface area contributed by atoms with Crippen molar-refractivity contribution in [1.82, 2.24) is 4.90 Å². The van der Waals surface area contributed by atoms with Crippen molar-refractivity contribution in [1.29, 1.82) is 0 Å². The van der Waals surface area contributed by atoms with E-state index in [2.05, 4.69) is 28.6 Å². The Morgan fingerprint density at radius 1 is 1.07 bits per heavy atom. The lowest BCUT2D eigenvalue weighted by Crippen LogP contribution is -2.46. The van der Waals surface area contributed by atoms with Crippen molar-refractivity contribution < 1.29 is 13.7 Å². The molecule has 0 unspecified atom stereocenters. The number of likely N-dealkylation sites (tertiary alicyclic amines) is 1. The standard InChI is InChI=1S/C23H28N2O3S/c1-27-29-25-18-23(20-9-5-6-10-21(20)25)12-14-24(15-13-23)22(26)11-16-28-17-19-7-3-2-4-8-19/h2-10H,11-18H2,1H3. The molecule has 0 atom stereocenters. The molecular weight excluding hydrogens is 384 g/mol. The van der Waals surface area contributed by atoms with Crippen LogP contribution in [0.25, 0.3) is 0 Å². The van der Waals surface area contributed by atoms with Gasteiger partial charge in [0, 0.05) is 25.0 Å². The van der Waals surface area contributed by atoms with Gasteiger partial charge in [-0.3, -0.25) is 13.3 Å². The summed E-state index contributed by atoms with van der Waals surface area (Å²) in [6.45, 7) is 3.57. The van der Waals surface area contributed by atoms with Gasteiger partial charge in [-0.1, -0.05) is 48.5 Å². The number of amides is 1. The van der Waals surface area contributed by atoms with E-state index in [9.17, 15) is 4.79 Å². The molecule has 0 aromatic heterocycles. The van der Waals surface area contributed by atoms with E-state index in [1.807, 2.05) is 35.2 Å². The van der Waals surface area contributed by atoms with Crippen molar-refractivity contribution in [3.8, 4) is 0 Å². The van der Waals surface area contributed by atoms with Gasteiger partial charge in [-0.25, -0.2) is 0 Å². The first-order chi connectivity index (χ1) is 14.2. The molecule has 0 N–H and O–H groups in total. The lowest BCUT2D eigenvalue weighted by atomic mass is 9.74. The zero-order valence-corrected chi connectivity index (χ0v) is 17.7. The summed E-state index contributed by atoms with van der Waals surface area (Å²) in [7, 11) is 1.71. The van der Waals surface area contributed by atoms with E-state index in [-0.39, 0.29) is 11.3 Å². The molecule has 1 spiro atoms. The average molecular weight is 413 g/mol. The highest BCUT2D eigenvalue weighted by Crippen LogP contribution is 2.49. The molecule has 4 rings (SSSR count). The normalized spacial score (nSPS) is 17.6. The second-order valence-electron chi connectivity index (χ2n) is 7.74. The van der Waals surface area contributed by atoms with Crippen molar-refractivity contribution in [3.05, 3.63) is 65.7 Å². The molecule has 6 heteroatoms. The second-order valence-corrected chi connectivity index (χ2v) is 8.67. The van der Waals surface area contributed by atoms with Gasteiger partial charge in [-0.2, -0.15) is 0 Å². The van der Waals surface area contributed by atoms with Crippen LogP contribution in [0.4, 0.5) is 5.69 Å². The minimum Gasteiger partial charge on any atom is -0.376 e. The molecular formula is C23H28N2O3S. The summed E-state index contributed by atoms with van der Waals surface area (Å²) in [5.74, 6) is 0.197. The summed E-state index contributed by atoms with van der Waals surface area (Å²) < 4.78 is 13.3. The lowest BCUT2D eigenvalue weighted by Gasteiger charge is -2.39. The van der Waals surface area contributed by atoms with Gasteiger partial charge in [0.25, 0.3) is 0 Å². The van der Waals surface area contributed by atoms with Crippen LogP contribution in [0.15, 0.2) is 54.6 Å². The maximum absolute atomic E-state index is 12.6. The molecule has 0 aliphatic carbocycles. The van der Waals surface area contributed by atoms with Crippen molar-refractivity contribution >= 4 is 23.8 Å². The predicted octanol–water partition coefficient (Wildman–Crippen LogP) is 4.18. The van der Waals surface area contributed by atoms with Gasteiger partial charge in [0.15, 0.2) is 0 Å². The van der Waals surface area contributed by atoms with E-state index in [4.69, 9.17) is 8.92 Å². The first kappa shape index (κ1) is 20.3. The van der Waals surface area contributed by atoms with E-state index in [0.29, 0.717) is 19.6 Å². The fourth-order valence-electron chi connectivity index (χ4n) is 4.43. The van der Waals surface area contributed by atoms with Crippen LogP contribution < -0.4 is 4.31 Å². The van der Waals surface area contributed by atoms with Crippen molar-refractivity contribution in [3.63, 3.8) is 0 Å². The molecule has 5 nitrogen and oxygen atoms in total. The van der Waals surface area contributed by atoms with Gasteiger partial charge < -0.3 is 9.64 Å². The highest BCUT2D eigenvalue weighted by molar-refractivity contribution is 7.96. The zero-order valence-electron chi connectivity index (χ0n) is 16.9. The third kappa shape index (κ3) is 4.44. The van der Waals surface area contributed by atoms with Crippen molar-refractivity contribution in [2.75, 3.05) is 37.7 Å². The number of hydrogen-bond donors (Lipinski definition) is 0. The number of fused-ring (bicyclic) bond motifs is 2. The zero-order chi connectivity index (χ0) is 20.1. The summed E-state index contributed by atoms with van der Waals surface area (Å²) in [5.41, 5.74) is 3.89. The van der Waals surface area contributed by atoms with Gasteiger partial charge in [0.05, 0.1) is 32.4 Å². The summed E-state index contributed by atoms with van der Waals surface area (Å²) in [6, 6.07) is 18.7. The maximum atomic E-state index is 12.6. The van der Waals surface area contributed by atoms with Crippen LogP contribution in [0.3, 0.4) is 0 Å². The number of nitrogens with zero attached hydrogens (tertiary/aromatic N) is 2. The molecule has 2 aromatic carbocycles. The van der Waals surface area contributed by atoms with Gasteiger partial charge in [0.2, 0.25) is 5.91 Å². The van der Waals surface area contributed by atoms with E-state index in [1.165, 1.54) is 23.5 Å². The fraction of sp³-hybridized carbons (Fsp3) is 0.435. The Labute approximate surface area is 177 Å². The molecule has 0 bridgehead atoms. The molecule has 2 aliphatic heterocycles. The Morgan fingerprint density at radius 2 is 1.79 bits per heavy atom. The third-order valence-corrected chi connectivity index (χ3v) is 6.65. The van der Waals surface area contributed by atoms with Crippen molar-refractivity contribution in [2.24, 2.45) is 0 Å². The third-order valence-electron chi connectivity index (χ3n) is 6.00. The lowest BCUT2D eigenvalue weighted by molar-refractivity contribution is -0.134.